The van der Waals surface area contributed by atoms with Gasteiger partial charge in [-0.3, -0.25) is 0 Å². The molecular weight excluding hydrogens is 483 g/mol. The smallest absolute Gasteiger partial charge is 0.163 e. The minimum atomic E-state index is -0.721. The van der Waals surface area contributed by atoms with Crippen molar-refractivity contribution in [1.82, 2.24) is 19.5 Å². The number of aromatic nitrogens is 4. The summed E-state index contributed by atoms with van der Waals surface area (Å²) in [5.41, 5.74) is 13.7. The highest BCUT2D eigenvalue weighted by molar-refractivity contribution is 6.33. The van der Waals surface area contributed by atoms with Crippen molar-refractivity contribution >= 4 is 45.2 Å². The standard InChI is InChI=1S/C26H28ClFN6O2/c1-25(2)35-20-19(34-7-5-15-22(29)31-12-32-24(15)34)11-26(3,21(20)36-25)6-4-13-10-18-14(9-17(13)28)8-16(27)23(30)33-18/h5,7-10,12,19-21H,4,6,11H2,1-3H3,(H2,30,33)(H2,29,31,32)/t19-,20+,21+,26+/m1/s1. The fraction of sp³-hybridized carbons (Fsp3) is 0.423. The second kappa shape index (κ2) is 7.99. The fourth-order valence-electron chi connectivity index (χ4n) is 5.92. The molecule has 4 atom stereocenters. The van der Waals surface area contributed by atoms with Crippen LogP contribution >= 0.6 is 11.6 Å². The second-order valence-electron chi connectivity index (χ2n) is 10.7. The molecule has 4 N–H and O–H groups in total. The molecule has 0 radical (unpaired) electrons. The summed E-state index contributed by atoms with van der Waals surface area (Å²) in [6.45, 7) is 6.06. The SMILES string of the molecule is CC1(C)O[C@H]2[C@H](n3ccc4c(N)ncnc43)C[C@](C)(CCc3cc4nc(N)c(Cl)cc4cc3F)[C@H]2O1. The zero-order valence-corrected chi connectivity index (χ0v) is 21.1. The van der Waals surface area contributed by atoms with E-state index >= 15 is 4.39 Å². The van der Waals surface area contributed by atoms with Gasteiger partial charge in [0.2, 0.25) is 0 Å². The Balaban J connectivity index is 1.33. The fourth-order valence-corrected chi connectivity index (χ4v) is 6.08. The number of halogens is 2. The molecule has 1 aliphatic carbocycles. The zero-order chi connectivity index (χ0) is 25.4. The first kappa shape index (κ1) is 23.4. The van der Waals surface area contributed by atoms with Crippen molar-refractivity contribution in [3.8, 4) is 0 Å². The van der Waals surface area contributed by atoms with Crippen LogP contribution < -0.4 is 11.5 Å². The van der Waals surface area contributed by atoms with Crippen LogP contribution in [0.25, 0.3) is 21.9 Å². The number of rotatable bonds is 4. The summed E-state index contributed by atoms with van der Waals surface area (Å²) < 4.78 is 30.0. The topological polar surface area (TPSA) is 114 Å². The molecule has 1 aromatic carbocycles. The highest BCUT2D eigenvalue weighted by atomic mass is 35.5. The summed E-state index contributed by atoms with van der Waals surface area (Å²) in [5.74, 6) is -0.326. The molecule has 2 aliphatic rings. The highest BCUT2D eigenvalue weighted by Crippen LogP contribution is 2.55. The molecule has 6 rings (SSSR count). The first-order chi connectivity index (χ1) is 17.0. The molecule has 0 unspecified atom stereocenters. The number of anilines is 2. The van der Waals surface area contributed by atoms with Gasteiger partial charge in [0.25, 0.3) is 0 Å². The Labute approximate surface area is 212 Å². The van der Waals surface area contributed by atoms with Crippen LogP contribution in [0.3, 0.4) is 0 Å². The average Bonchev–Trinajstić information content (AvgIpc) is 3.45. The maximum absolute atomic E-state index is 15.1. The predicted octanol–water partition coefficient (Wildman–Crippen LogP) is 5.04. The number of ether oxygens (including phenoxy) is 2. The molecule has 0 amide bonds. The van der Waals surface area contributed by atoms with Crippen molar-refractivity contribution in [3.63, 3.8) is 0 Å². The van der Waals surface area contributed by atoms with Gasteiger partial charge < -0.3 is 25.5 Å². The first-order valence-corrected chi connectivity index (χ1v) is 12.4. The molecular formula is C26H28ClFN6O2. The Morgan fingerprint density at radius 3 is 2.75 bits per heavy atom. The van der Waals surface area contributed by atoms with Crippen LogP contribution in [-0.2, 0) is 15.9 Å². The van der Waals surface area contributed by atoms with Crippen molar-refractivity contribution < 1.29 is 13.9 Å². The van der Waals surface area contributed by atoms with E-state index in [1.807, 2.05) is 26.1 Å². The summed E-state index contributed by atoms with van der Waals surface area (Å²) in [6, 6.07) is 6.80. The molecule has 36 heavy (non-hydrogen) atoms. The Hall–Kier alpha value is -3.01. The van der Waals surface area contributed by atoms with Gasteiger partial charge in [0.05, 0.1) is 28.1 Å². The number of nitrogens with zero attached hydrogens (tertiary/aromatic N) is 4. The normalized spacial score (nSPS) is 27.2. The predicted molar refractivity (Wildman–Crippen MR) is 137 cm³/mol. The maximum Gasteiger partial charge on any atom is 0.163 e. The van der Waals surface area contributed by atoms with Gasteiger partial charge in [-0.25, -0.2) is 19.3 Å². The van der Waals surface area contributed by atoms with Gasteiger partial charge in [0.15, 0.2) is 5.79 Å². The van der Waals surface area contributed by atoms with Crippen LogP contribution in [0.5, 0.6) is 0 Å². The summed E-state index contributed by atoms with van der Waals surface area (Å²) in [7, 11) is 0. The summed E-state index contributed by atoms with van der Waals surface area (Å²) in [4.78, 5) is 12.9. The van der Waals surface area contributed by atoms with E-state index in [1.165, 1.54) is 12.4 Å². The highest BCUT2D eigenvalue weighted by Gasteiger charge is 2.59. The van der Waals surface area contributed by atoms with Crippen LogP contribution in [-0.4, -0.2) is 37.5 Å². The Morgan fingerprint density at radius 1 is 1.14 bits per heavy atom. The van der Waals surface area contributed by atoms with Gasteiger partial charge in [-0.15, -0.1) is 0 Å². The minimum absolute atomic E-state index is 0.0152. The van der Waals surface area contributed by atoms with Crippen molar-refractivity contribution in [2.24, 2.45) is 5.41 Å². The van der Waals surface area contributed by atoms with Gasteiger partial charge in [-0.05, 0) is 68.4 Å². The third-order valence-corrected chi connectivity index (χ3v) is 8.00. The van der Waals surface area contributed by atoms with E-state index in [1.54, 1.807) is 12.1 Å². The lowest BCUT2D eigenvalue weighted by molar-refractivity contribution is -0.168. The van der Waals surface area contributed by atoms with E-state index in [-0.39, 0.29) is 35.3 Å². The number of benzene rings is 1. The molecule has 1 aliphatic heterocycles. The quantitative estimate of drug-likeness (QED) is 0.395. The van der Waals surface area contributed by atoms with Gasteiger partial charge in [-0.2, -0.15) is 0 Å². The van der Waals surface area contributed by atoms with Crippen LogP contribution in [0.2, 0.25) is 5.02 Å². The first-order valence-electron chi connectivity index (χ1n) is 12.0. The van der Waals surface area contributed by atoms with Gasteiger partial charge in [0.1, 0.15) is 35.5 Å². The third-order valence-electron chi connectivity index (χ3n) is 7.70. The molecule has 1 saturated carbocycles. The number of fused-ring (bicyclic) bond motifs is 3. The van der Waals surface area contributed by atoms with Crippen LogP contribution in [0.1, 0.15) is 45.2 Å². The van der Waals surface area contributed by atoms with E-state index in [4.69, 9.17) is 32.5 Å². The number of nitrogen functional groups attached to an aromatic ring is 2. The minimum Gasteiger partial charge on any atom is -0.383 e. The van der Waals surface area contributed by atoms with Gasteiger partial charge >= 0.3 is 0 Å². The van der Waals surface area contributed by atoms with E-state index in [2.05, 4.69) is 26.4 Å². The van der Waals surface area contributed by atoms with Crippen LogP contribution in [0, 0.1) is 11.2 Å². The number of nitrogens with two attached hydrogens (primary N) is 2. The van der Waals surface area contributed by atoms with E-state index < -0.39 is 5.79 Å². The number of hydrogen-bond acceptors (Lipinski definition) is 7. The lowest BCUT2D eigenvalue weighted by Gasteiger charge is -2.32. The summed E-state index contributed by atoms with van der Waals surface area (Å²) in [6.07, 6.45) is 5.12. The summed E-state index contributed by atoms with van der Waals surface area (Å²) in [5, 5.41) is 1.75. The Kier molecular flexibility index (Phi) is 5.19. The van der Waals surface area contributed by atoms with Crippen LogP contribution in [0.15, 0.2) is 36.8 Å². The Bertz CT molecular complexity index is 1510. The maximum atomic E-state index is 15.1. The van der Waals surface area contributed by atoms with E-state index in [0.717, 1.165) is 17.5 Å². The van der Waals surface area contributed by atoms with Crippen molar-refractivity contribution in [3.05, 3.63) is 53.2 Å². The monoisotopic (exact) mass is 510 g/mol. The largest absolute Gasteiger partial charge is 0.383 e. The number of hydrogen-bond donors (Lipinski definition) is 2. The molecule has 1 saturated heterocycles. The third kappa shape index (κ3) is 3.68. The molecule has 3 aromatic heterocycles. The molecule has 0 spiro atoms. The van der Waals surface area contributed by atoms with E-state index in [0.29, 0.717) is 40.1 Å². The van der Waals surface area contributed by atoms with Crippen molar-refractivity contribution in [2.45, 2.75) is 64.1 Å². The zero-order valence-electron chi connectivity index (χ0n) is 20.3. The average molecular weight is 511 g/mol. The Morgan fingerprint density at radius 2 is 1.94 bits per heavy atom. The molecule has 10 heteroatoms. The van der Waals surface area contributed by atoms with Crippen LogP contribution in [0.4, 0.5) is 16.0 Å². The lowest BCUT2D eigenvalue weighted by atomic mass is 9.80. The van der Waals surface area contributed by atoms with Gasteiger partial charge in [0, 0.05) is 11.6 Å². The number of pyridine rings is 1. The van der Waals surface area contributed by atoms with Crippen molar-refractivity contribution in [2.75, 3.05) is 11.5 Å². The van der Waals surface area contributed by atoms with Gasteiger partial charge in [-0.1, -0.05) is 18.5 Å². The molecule has 188 valence electrons. The molecule has 4 aromatic rings. The molecule has 0 bridgehead atoms. The molecule has 4 heterocycles. The van der Waals surface area contributed by atoms with E-state index in [9.17, 15) is 0 Å². The summed E-state index contributed by atoms with van der Waals surface area (Å²) >= 11 is 6.07. The molecule has 8 nitrogen and oxygen atoms in total. The number of aryl methyl sites for hydroxylation is 1. The lowest BCUT2D eigenvalue weighted by Crippen LogP contribution is -2.34. The second-order valence-corrected chi connectivity index (χ2v) is 11.1. The van der Waals surface area contributed by atoms with Crippen molar-refractivity contribution in [1.29, 1.82) is 0 Å². The molecule has 2 fully saturated rings.